The van der Waals surface area contributed by atoms with Crippen LogP contribution in [0.15, 0.2) is 29.2 Å². The number of amides is 1. The van der Waals surface area contributed by atoms with Crippen molar-refractivity contribution in [1.29, 1.82) is 0 Å². The van der Waals surface area contributed by atoms with Crippen LogP contribution in [-0.4, -0.2) is 26.1 Å². The zero-order valence-corrected chi connectivity index (χ0v) is 14.3. The summed E-state index contributed by atoms with van der Waals surface area (Å²) in [6.45, 7) is 2.00. The summed E-state index contributed by atoms with van der Waals surface area (Å²) in [5, 5.41) is 2.16. The lowest BCUT2D eigenvalue weighted by atomic mass is 9.89. The molecule has 0 radical (unpaired) electrons. The maximum absolute atomic E-state index is 12.4. The van der Waals surface area contributed by atoms with Gasteiger partial charge in [0.15, 0.2) is 9.84 Å². The Kier molecular flexibility index (Phi) is 5.87. The summed E-state index contributed by atoms with van der Waals surface area (Å²) >= 11 is 5.77. The van der Waals surface area contributed by atoms with E-state index in [1.165, 1.54) is 50.5 Å². The van der Waals surface area contributed by atoms with Crippen LogP contribution in [0.1, 0.15) is 39.0 Å². The maximum Gasteiger partial charge on any atom is 0.238 e. The molecule has 1 atom stereocenters. The van der Waals surface area contributed by atoms with Gasteiger partial charge in [0.2, 0.25) is 5.91 Å². The fourth-order valence-electron chi connectivity index (χ4n) is 2.75. The van der Waals surface area contributed by atoms with Crippen LogP contribution in [0.2, 0.25) is 5.02 Å². The number of benzene rings is 1. The minimum absolute atomic E-state index is 0.122. The summed E-state index contributed by atoms with van der Waals surface area (Å²) in [6, 6.07) is 5.90. The van der Waals surface area contributed by atoms with Gasteiger partial charge in [-0.25, -0.2) is 8.42 Å². The number of hydrogen-bond acceptors (Lipinski definition) is 3. The molecule has 0 bridgehead atoms. The van der Waals surface area contributed by atoms with Crippen LogP contribution >= 0.6 is 11.6 Å². The molecule has 0 saturated heterocycles. The number of hydrogen-bond donors (Lipinski definition) is 1. The van der Waals surface area contributed by atoms with Gasteiger partial charge in [-0.1, -0.05) is 30.9 Å². The van der Waals surface area contributed by atoms with Gasteiger partial charge in [-0.2, -0.15) is 0 Å². The van der Waals surface area contributed by atoms with Crippen molar-refractivity contribution in [3.05, 3.63) is 29.3 Å². The summed E-state index contributed by atoms with van der Waals surface area (Å²) in [5.74, 6) is 0.0451. The fourth-order valence-corrected chi connectivity index (χ4v) is 4.16. The quantitative estimate of drug-likeness (QED) is 0.893. The molecule has 1 saturated carbocycles. The van der Waals surface area contributed by atoms with E-state index in [2.05, 4.69) is 5.32 Å². The molecule has 0 aliphatic heterocycles. The Morgan fingerprint density at radius 3 is 2.41 bits per heavy atom. The lowest BCUT2D eigenvalue weighted by Crippen LogP contribution is -2.40. The van der Waals surface area contributed by atoms with E-state index >= 15 is 0 Å². The average molecular weight is 344 g/mol. The molecule has 1 aliphatic carbocycles. The van der Waals surface area contributed by atoms with Crippen molar-refractivity contribution in [3.8, 4) is 0 Å². The number of carbonyl (C=O) groups excluding carboxylic acids is 1. The molecule has 0 spiro atoms. The molecule has 22 heavy (non-hydrogen) atoms. The molecule has 0 heterocycles. The molecule has 1 aromatic carbocycles. The number of nitrogens with one attached hydrogen (secondary N) is 1. The van der Waals surface area contributed by atoms with E-state index in [1.54, 1.807) is 0 Å². The van der Waals surface area contributed by atoms with Gasteiger partial charge in [0.25, 0.3) is 0 Å². The normalized spacial score (nSPS) is 17.9. The first kappa shape index (κ1) is 17.3. The summed E-state index contributed by atoms with van der Waals surface area (Å²) in [7, 11) is -3.68. The van der Waals surface area contributed by atoms with Crippen molar-refractivity contribution in [2.24, 2.45) is 5.92 Å². The Hall–Kier alpha value is -1.07. The SMILES string of the molecule is CC(C(=O)NCC1CCCCC1)S(=O)(=O)c1ccc(Cl)cc1. The van der Waals surface area contributed by atoms with Crippen molar-refractivity contribution < 1.29 is 13.2 Å². The number of sulfone groups is 1. The van der Waals surface area contributed by atoms with Crippen molar-refractivity contribution in [1.82, 2.24) is 5.32 Å². The summed E-state index contributed by atoms with van der Waals surface area (Å²) in [6.07, 6.45) is 5.86. The van der Waals surface area contributed by atoms with Crippen molar-refractivity contribution in [2.45, 2.75) is 49.2 Å². The molecule has 1 unspecified atom stereocenters. The predicted molar refractivity (Wildman–Crippen MR) is 87.7 cm³/mol. The molecule has 1 fully saturated rings. The minimum atomic E-state index is -3.68. The van der Waals surface area contributed by atoms with Gasteiger partial charge in [0.05, 0.1) is 4.90 Å². The molecule has 4 nitrogen and oxygen atoms in total. The Balaban J connectivity index is 1.97. The second kappa shape index (κ2) is 7.47. The Morgan fingerprint density at radius 1 is 1.23 bits per heavy atom. The molecule has 0 aromatic heterocycles. The van der Waals surface area contributed by atoms with E-state index in [9.17, 15) is 13.2 Å². The molecular weight excluding hydrogens is 322 g/mol. The van der Waals surface area contributed by atoms with Gasteiger partial charge in [0, 0.05) is 11.6 Å². The number of carbonyl (C=O) groups is 1. The number of halogens is 1. The molecule has 6 heteroatoms. The standard InChI is InChI=1S/C16H22ClNO3S/c1-12(16(19)18-11-13-5-3-2-4-6-13)22(20,21)15-9-7-14(17)8-10-15/h7-10,12-13H,2-6,11H2,1H3,(H,18,19). The van der Waals surface area contributed by atoms with Gasteiger partial charge in [-0.05, 0) is 49.9 Å². The fraction of sp³-hybridized carbons (Fsp3) is 0.562. The first-order chi connectivity index (χ1) is 10.4. The highest BCUT2D eigenvalue weighted by Crippen LogP contribution is 2.23. The van der Waals surface area contributed by atoms with Gasteiger partial charge in [0.1, 0.15) is 5.25 Å². The second-order valence-corrected chi connectivity index (χ2v) is 8.60. The largest absolute Gasteiger partial charge is 0.355 e. The van der Waals surface area contributed by atoms with Crippen LogP contribution in [0.4, 0.5) is 0 Å². The van der Waals surface area contributed by atoms with Crippen molar-refractivity contribution in [2.75, 3.05) is 6.54 Å². The highest BCUT2D eigenvalue weighted by Gasteiger charge is 2.30. The monoisotopic (exact) mass is 343 g/mol. The Morgan fingerprint density at radius 2 is 1.82 bits per heavy atom. The van der Waals surface area contributed by atoms with E-state index in [0.717, 1.165) is 12.8 Å². The predicted octanol–water partition coefficient (Wildman–Crippen LogP) is 3.20. The molecule has 1 aromatic rings. The van der Waals surface area contributed by atoms with Crippen LogP contribution < -0.4 is 5.32 Å². The smallest absolute Gasteiger partial charge is 0.238 e. The Bertz CT molecular complexity index is 607. The first-order valence-electron chi connectivity index (χ1n) is 7.68. The zero-order chi connectivity index (χ0) is 16.2. The second-order valence-electron chi connectivity index (χ2n) is 5.89. The Labute approximate surface area is 137 Å². The van der Waals surface area contributed by atoms with Gasteiger partial charge in [-0.3, -0.25) is 4.79 Å². The van der Waals surface area contributed by atoms with Gasteiger partial charge in [-0.15, -0.1) is 0 Å². The topological polar surface area (TPSA) is 63.2 Å². The summed E-state index contributed by atoms with van der Waals surface area (Å²) in [5.41, 5.74) is 0. The summed E-state index contributed by atoms with van der Waals surface area (Å²) in [4.78, 5) is 12.3. The molecule has 1 aliphatic rings. The van der Waals surface area contributed by atoms with E-state index in [-0.39, 0.29) is 4.90 Å². The average Bonchev–Trinajstić information content (AvgIpc) is 2.53. The van der Waals surface area contributed by atoms with Crippen LogP contribution in [0, 0.1) is 5.92 Å². The molecule has 1 N–H and O–H groups in total. The highest BCUT2D eigenvalue weighted by atomic mass is 35.5. The van der Waals surface area contributed by atoms with E-state index in [4.69, 9.17) is 11.6 Å². The molecule has 122 valence electrons. The number of rotatable bonds is 5. The van der Waals surface area contributed by atoms with Crippen LogP contribution in [-0.2, 0) is 14.6 Å². The highest BCUT2D eigenvalue weighted by molar-refractivity contribution is 7.92. The zero-order valence-electron chi connectivity index (χ0n) is 12.7. The third-order valence-corrected chi connectivity index (χ3v) is 6.59. The van der Waals surface area contributed by atoms with Gasteiger partial charge < -0.3 is 5.32 Å². The van der Waals surface area contributed by atoms with Crippen molar-refractivity contribution >= 4 is 27.3 Å². The van der Waals surface area contributed by atoms with E-state index in [1.807, 2.05) is 0 Å². The third-order valence-electron chi connectivity index (χ3n) is 4.27. The lowest BCUT2D eigenvalue weighted by molar-refractivity contribution is -0.120. The molecular formula is C16H22ClNO3S. The van der Waals surface area contributed by atoms with Gasteiger partial charge >= 0.3 is 0 Å². The third kappa shape index (κ3) is 4.23. The lowest BCUT2D eigenvalue weighted by Gasteiger charge is -2.22. The van der Waals surface area contributed by atoms with E-state index < -0.39 is 21.0 Å². The maximum atomic E-state index is 12.4. The van der Waals surface area contributed by atoms with Crippen LogP contribution in [0.3, 0.4) is 0 Å². The first-order valence-corrected chi connectivity index (χ1v) is 9.61. The molecule has 2 rings (SSSR count). The van der Waals surface area contributed by atoms with Crippen LogP contribution in [0.5, 0.6) is 0 Å². The summed E-state index contributed by atoms with van der Waals surface area (Å²) < 4.78 is 24.9. The van der Waals surface area contributed by atoms with Crippen LogP contribution in [0.25, 0.3) is 0 Å². The van der Waals surface area contributed by atoms with E-state index in [0.29, 0.717) is 17.5 Å². The minimum Gasteiger partial charge on any atom is -0.355 e. The van der Waals surface area contributed by atoms with Crippen molar-refractivity contribution in [3.63, 3.8) is 0 Å². The molecule has 1 amide bonds.